The third kappa shape index (κ3) is 3.73. The minimum atomic E-state index is -0.180. The molecule has 3 nitrogen and oxygen atoms in total. The van der Waals surface area contributed by atoms with Gasteiger partial charge in [-0.25, -0.2) is 4.39 Å². The number of aromatic nitrogens is 3. The smallest absolute Gasteiger partial charge is 0.192 e. The maximum atomic E-state index is 13.9. The zero-order valence-electron chi connectivity index (χ0n) is 15.3. The lowest BCUT2D eigenvalue weighted by Crippen LogP contribution is -2.10. The molecule has 0 N–H and O–H groups in total. The van der Waals surface area contributed by atoms with Gasteiger partial charge in [-0.15, -0.1) is 28.1 Å². The number of rotatable bonds is 6. The number of fused-ring (bicyclic) bond motifs is 1. The van der Waals surface area contributed by atoms with Crippen molar-refractivity contribution in [3.63, 3.8) is 0 Å². The van der Waals surface area contributed by atoms with Crippen LogP contribution in [0.1, 0.15) is 29.3 Å². The molecule has 1 unspecified atom stereocenters. The van der Waals surface area contributed by atoms with Gasteiger partial charge in [-0.1, -0.05) is 43.0 Å². The Labute approximate surface area is 167 Å². The molecule has 3 aromatic rings. The molecular formula is C21H22FN3S2. The van der Waals surface area contributed by atoms with Gasteiger partial charge in [-0.2, -0.15) is 0 Å². The number of thiophene rings is 1. The molecule has 0 radical (unpaired) electrons. The Morgan fingerprint density at radius 3 is 3.04 bits per heavy atom. The highest BCUT2D eigenvalue weighted by Gasteiger charge is 2.24. The third-order valence-electron chi connectivity index (χ3n) is 4.99. The molecule has 4 rings (SSSR count). The maximum absolute atomic E-state index is 13.9. The fraction of sp³-hybridized carbons (Fsp3) is 0.333. The molecule has 0 fully saturated rings. The fourth-order valence-electron chi connectivity index (χ4n) is 3.51. The summed E-state index contributed by atoms with van der Waals surface area (Å²) in [6.07, 6.45) is 5.35. The second-order valence-electron chi connectivity index (χ2n) is 6.98. The Morgan fingerprint density at radius 2 is 2.22 bits per heavy atom. The Kier molecular flexibility index (Phi) is 5.45. The molecule has 6 heteroatoms. The molecule has 0 amide bonds. The van der Waals surface area contributed by atoms with Crippen molar-refractivity contribution in [1.29, 1.82) is 0 Å². The van der Waals surface area contributed by atoms with E-state index in [9.17, 15) is 4.39 Å². The third-order valence-corrected chi connectivity index (χ3v) is 7.05. The first-order valence-electron chi connectivity index (χ1n) is 9.17. The van der Waals surface area contributed by atoms with Crippen LogP contribution in [0.5, 0.6) is 0 Å². The quantitative estimate of drug-likeness (QED) is 0.391. The second-order valence-corrected chi connectivity index (χ2v) is 8.89. The highest BCUT2D eigenvalue weighted by molar-refractivity contribution is 7.98. The molecule has 1 atom stereocenters. The monoisotopic (exact) mass is 399 g/mol. The molecule has 1 aliphatic rings. The first-order chi connectivity index (χ1) is 13.2. The first kappa shape index (κ1) is 18.4. The molecule has 2 heterocycles. The van der Waals surface area contributed by atoms with Gasteiger partial charge in [-0.3, -0.25) is 4.57 Å². The van der Waals surface area contributed by atoms with Gasteiger partial charge in [0.2, 0.25) is 0 Å². The Balaban J connectivity index is 1.63. The molecule has 140 valence electrons. The molecule has 0 saturated heterocycles. The van der Waals surface area contributed by atoms with Crippen LogP contribution in [0.4, 0.5) is 4.39 Å². The summed E-state index contributed by atoms with van der Waals surface area (Å²) >= 11 is 3.35. The molecular weight excluding hydrogens is 377 g/mol. The van der Waals surface area contributed by atoms with Gasteiger partial charge in [0.05, 0.1) is 0 Å². The zero-order valence-corrected chi connectivity index (χ0v) is 17.0. The average Bonchev–Trinajstić information content (AvgIpc) is 3.25. The van der Waals surface area contributed by atoms with E-state index < -0.39 is 0 Å². The number of hydrogen-bond donors (Lipinski definition) is 0. The van der Waals surface area contributed by atoms with E-state index in [1.165, 1.54) is 40.3 Å². The van der Waals surface area contributed by atoms with Crippen LogP contribution in [0, 0.1) is 11.7 Å². The number of allylic oxidation sites excluding steroid dienone is 1. The topological polar surface area (TPSA) is 30.7 Å². The Bertz CT molecular complexity index is 960. The second kappa shape index (κ2) is 7.98. The average molecular weight is 400 g/mol. The summed E-state index contributed by atoms with van der Waals surface area (Å²) in [5, 5.41) is 11.9. The lowest BCUT2D eigenvalue weighted by Gasteiger charge is -2.19. The SMILES string of the molecule is C=CCn1c(SCc2ccccc2F)nnc1-c1csc2c1CCC(C)C2. The van der Waals surface area contributed by atoms with Crippen LogP contribution in [0.3, 0.4) is 0 Å². The van der Waals surface area contributed by atoms with Crippen LogP contribution >= 0.6 is 23.1 Å². The number of benzene rings is 1. The zero-order chi connectivity index (χ0) is 18.8. The summed E-state index contributed by atoms with van der Waals surface area (Å²) in [5.41, 5.74) is 3.31. The normalized spacial score (nSPS) is 16.3. The van der Waals surface area contributed by atoms with E-state index in [2.05, 4.69) is 33.6 Å². The Morgan fingerprint density at radius 1 is 1.37 bits per heavy atom. The van der Waals surface area contributed by atoms with Crippen LogP contribution in [-0.2, 0) is 25.1 Å². The van der Waals surface area contributed by atoms with Crippen molar-refractivity contribution >= 4 is 23.1 Å². The number of halogens is 1. The van der Waals surface area contributed by atoms with Crippen LogP contribution < -0.4 is 0 Å². The van der Waals surface area contributed by atoms with E-state index in [1.807, 2.05) is 29.5 Å². The Hall–Kier alpha value is -1.92. The van der Waals surface area contributed by atoms with Crippen molar-refractivity contribution in [2.45, 2.75) is 43.6 Å². The molecule has 2 aromatic heterocycles. The van der Waals surface area contributed by atoms with Crippen molar-refractivity contribution in [3.05, 3.63) is 64.1 Å². The summed E-state index contributed by atoms with van der Waals surface area (Å²) in [6, 6.07) is 6.88. The van der Waals surface area contributed by atoms with Crippen LogP contribution in [0.2, 0.25) is 0 Å². The van der Waals surface area contributed by atoms with E-state index >= 15 is 0 Å². The van der Waals surface area contributed by atoms with E-state index in [4.69, 9.17) is 0 Å². The van der Waals surface area contributed by atoms with Crippen molar-refractivity contribution in [2.24, 2.45) is 5.92 Å². The van der Waals surface area contributed by atoms with Gasteiger partial charge >= 0.3 is 0 Å². The standard InChI is InChI=1S/C21H22FN3S2/c1-3-10-25-20(17-13-26-19-11-14(2)8-9-16(17)19)23-24-21(25)27-12-15-6-4-5-7-18(15)22/h3-7,13-14H,1,8-12H2,2H3. The number of thioether (sulfide) groups is 1. The summed E-state index contributed by atoms with van der Waals surface area (Å²) in [6.45, 7) is 6.85. The van der Waals surface area contributed by atoms with Gasteiger partial charge in [0.1, 0.15) is 5.82 Å². The van der Waals surface area contributed by atoms with E-state index in [0.717, 1.165) is 29.7 Å². The van der Waals surface area contributed by atoms with E-state index in [0.29, 0.717) is 17.9 Å². The summed E-state index contributed by atoms with van der Waals surface area (Å²) in [7, 11) is 0. The summed E-state index contributed by atoms with van der Waals surface area (Å²) in [4.78, 5) is 1.48. The largest absolute Gasteiger partial charge is 0.298 e. The first-order valence-corrected chi connectivity index (χ1v) is 11.0. The molecule has 0 bridgehead atoms. The van der Waals surface area contributed by atoms with Gasteiger partial charge in [0.25, 0.3) is 0 Å². The highest BCUT2D eigenvalue weighted by Crippen LogP contribution is 2.38. The minimum Gasteiger partial charge on any atom is -0.298 e. The van der Waals surface area contributed by atoms with Crippen molar-refractivity contribution in [3.8, 4) is 11.4 Å². The molecule has 0 spiro atoms. The molecule has 1 aliphatic carbocycles. The van der Waals surface area contributed by atoms with E-state index in [-0.39, 0.29) is 5.82 Å². The van der Waals surface area contributed by atoms with Gasteiger partial charge in [0.15, 0.2) is 11.0 Å². The molecule has 0 aliphatic heterocycles. The molecule has 0 saturated carbocycles. The summed E-state index contributed by atoms with van der Waals surface area (Å²) in [5.74, 6) is 2.00. The van der Waals surface area contributed by atoms with Crippen molar-refractivity contribution in [2.75, 3.05) is 0 Å². The van der Waals surface area contributed by atoms with Crippen molar-refractivity contribution < 1.29 is 4.39 Å². The molecule has 1 aromatic carbocycles. The molecule has 27 heavy (non-hydrogen) atoms. The van der Waals surface area contributed by atoms with Crippen molar-refractivity contribution in [1.82, 2.24) is 14.8 Å². The maximum Gasteiger partial charge on any atom is 0.192 e. The van der Waals surface area contributed by atoms with Crippen LogP contribution in [-0.4, -0.2) is 14.8 Å². The van der Waals surface area contributed by atoms with Gasteiger partial charge < -0.3 is 0 Å². The summed E-state index contributed by atoms with van der Waals surface area (Å²) < 4.78 is 16.0. The van der Waals surface area contributed by atoms with E-state index in [1.54, 1.807) is 6.07 Å². The minimum absolute atomic E-state index is 0.180. The number of nitrogens with zero attached hydrogens (tertiary/aromatic N) is 3. The van der Waals surface area contributed by atoms with Gasteiger partial charge in [0, 0.05) is 28.1 Å². The number of hydrogen-bond acceptors (Lipinski definition) is 4. The lowest BCUT2D eigenvalue weighted by atomic mass is 9.88. The van der Waals surface area contributed by atoms with Gasteiger partial charge in [-0.05, 0) is 42.4 Å². The van der Waals surface area contributed by atoms with Crippen LogP contribution in [0.15, 0.2) is 47.5 Å². The lowest BCUT2D eigenvalue weighted by molar-refractivity contribution is 0.508. The highest BCUT2D eigenvalue weighted by atomic mass is 32.2. The predicted octanol–water partition coefficient (Wildman–Crippen LogP) is 5.75. The van der Waals surface area contributed by atoms with Crippen LogP contribution in [0.25, 0.3) is 11.4 Å². The fourth-order valence-corrected chi connectivity index (χ4v) is 5.69. The predicted molar refractivity (Wildman–Crippen MR) is 111 cm³/mol.